The van der Waals surface area contributed by atoms with Crippen molar-refractivity contribution in [3.05, 3.63) is 65.2 Å². The fraction of sp³-hybridized carbons (Fsp3) is 0.0714. The summed E-state index contributed by atoms with van der Waals surface area (Å²) >= 11 is 5.93. The van der Waals surface area contributed by atoms with Gasteiger partial charge in [-0.25, -0.2) is 4.98 Å². The highest BCUT2D eigenvalue weighted by Crippen LogP contribution is 2.20. The van der Waals surface area contributed by atoms with Crippen molar-refractivity contribution in [2.24, 2.45) is 0 Å². The Labute approximate surface area is 109 Å². The summed E-state index contributed by atoms with van der Waals surface area (Å²) in [5.74, 6) is 1.17. The van der Waals surface area contributed by atoms with Crippen molar-refractivity contribution in [2.75, 3.05) is 0 Å². The third kappa shape index (κ3) is 1.93. The van der Waals surface area contributed by atoms with E-state index in [-0.39, 0.29) is 0 Å². The lowest BCUT2D eigenvalue weighted by atomic mass is 10.1. The van der Waals surface area contributed by atoms with Gasteiger partial charge >= 0.3 is 0 Å². The van der Waals surface area contributed by atoms with Gasteiger partial charge in [0, 0.05) is 23.2 Å². The van der Waals surface area contributed by atoms with Gasteiger partial charge in [-0.2, -0.15) is 0 Å². The molecule has 1 aromatic carbocycles. The summed E-state index contributed by atoms with van der Waals surface area (Å²) in [6.45, 7) is 0. The fourth-order valence-electron chi connectivity index (χ4n) is 1.99. The summed E-state index contributed by atoms with van der Waals surface area (Å²) in [6, 6.07) is 11.0. The van der Waals surface area contributed by atoms with Crippen molar-refractivity contribution in [2.45, 2.75) is 6.42 Å². The Hall–Kier alpha value is -2.00. The van der Waals surface area contributed by atoms with Crippen LogP contribution >= 0.6 is 11.6 Å². The van der Waals surface area contributed by atoms with E-state index in [1.54, 1.807) is 12.3 Å². The summed E-state index contributed by atoms with van der Waals surface area (Å²) in [4.78, 5) is 4.37. The predicted octanol–water partition coefficient (Wildman–Crippen LogP) is 3.28. The Balaban J connectivity index is 2.03. The summed E-state index contributed by atoms with van der Waals surface area (Å²) < 4.78 is 1.97. The van der Waals surface area contributed by atoms with Crippen LogP contribution in [0.1, 0.15) is 11.4 Å². The molecule has 0 saturated heterocycles. The van der Waals surface area contributed by atoms with E-state index in [2.05, 4.69) is 4.98 Å². The third-order valence-electron chi connectivity index (χ3n) is 2.91. The van der Waals surface area contributed by atoms with Gasteiger partial charge in [0.05, 0.1) is 11.7 Å². The molecule has 2 aromatic heterocycles. The lowest BCUT2D eigenvalue weighted by Gasteiger charge is -2.04. The zero-order chi connectivity index (χ0) is 12.5. The van der Waals surface area contributed by atoms with Gasteiger partial charge < -0.3 is 9.51 Å². The molecule has 0 aliphatic heterocycles. The number of hydrogen-bond acceptors (Lipinski definition) is 2. The minimum Gasteiger partial charge on any atom is -0.508 e. The van der Waals surface area contributed by atoms with Gasteiger partial charge in [0.15, 0.2) is 0 Å². The van der Waals surface area contributed by atoms with E-state index in [9.17, 15) is 5.11 Å². The Kier molecular flexibility index (Phi) is 2.68. The lowest BCUT2D eigenvalue weighted by molar-refractivity contribution is 0.469. The van der Waals surface area contributed by atoms with Crippen LogP contribution in [0, 0.1) is 0 Å². The smallest absolute Gasteiger partial charge is 0.119 e. The molecule has 18 heavy (non-hydrogen) atoms. The second kappa shape index (κ2) is 4.35. The molecule has 3 rings (SSSR count). The van der Waals surface area contributed by atoms with Gasteiger partial charge in [0.2, 0.25) is 0 Å². The molecule has 1 N–H and O–H groups in total. The molecular weight excluding hydrogens is 248 g/mol. The second-order valence-corrected chi connectivity index (χ2v) is 4.56. The van der Waals surface area contributed by atoms with Crippen LogP contribution in [-0.4, -0.2) is 14.5 Å². The SMILES string of the molecule is Oc1ccccc1Cc1ncc2cc(Cl)ccn12. The number of halogens is 1. The molecular formula is C14H11ClN2O. The number of imidazole rings is 1. The average Bonchev–Trinajstić information content (AvgIpc) is 2.74. The Bertz CT molecular complexity index is 706. The van der Waals surface area contributed by atoms with E-state index in [1.165, 1.54) is 0 Å². The second-order valence-electron chi connectivity index (χ2n) is 4.12. The van der Waals surface area contributed by atoms with Crippen LogP contribution in [-0.2, 0) is 6.42 Å². The zero-order valence-corrected chi connectivity index (χ0v) is 10.3. The maximum atomic E-state index is 9.77. The average molecular weight is 259 g/mol. The molecule has 0 aliphatic rings. The van der Waals surface area contributed by atoms with E-state index < -0.39 is 0 Å². The number of hydrogen-bond donors (Lipinski definition) is 1. The molecule has 3 aromatic rings. The van der Waals surface area contributed by atoms with Gasteiger partial charge in [-0.05, 0) is 18.2 Å². The molecule has 2 heterocycles. The summed E-state index contributed by atoms with van der Waals surface area (Å²) in [7, 11) is 0. The number of phenolic OH excluding ortho intramolecular Hbond substituents is 1. The first-order valence-corrected chi connectivity index (χ1v) is 6.00. The van der Waals surface area contributed by atoms with Crippen LogP contribution in [0.5, 0.6) is 5.75 Å². The third-order valence-corrected chi connectivity index (χ3v) is 3.15. The maximum Gasteiger partial charge on any atom is 0.119 e. The number of phenols is 1. The Morgan fingerprint density at radius 2 is 2.06 bits per heavy atom. The number of para-hydroxylation sites is 1. The van der Waals surface area contributed by atoms with Crippen LogP contribution in [0.4, 0.5) is 0 Å². The summed E-state index contributed by atoms with van der Waals surface area (Å²) in [6.07, 6.45) is 4.25. The summed E-state index contributed by atoms with van der Waals surface area (Å²) in [5.41, 5.74) is 1.81. The first-order chi connectivity index (χ1) is 8.74. The topological polar surface area (TPSA) is 37.5 Å². The molecule has 0 fully saturated rings. The number of aromatic hydroxyl groups is 1. The van der Waals surface area contributed by atoms with Gasteiger partial charge in [0.25, 0.3) is 0 Å². The van der Waals surface area contributed by atoms with Gasteiger partial charge in [-0.3, -0.25) is 0 Å². The van der Waals surface area contributed by atoms with E-state index in [0.29, 0.717) is 17.2 Å². The molecule has 90 valence electrons. The quantitative estimate of drug-likeness (QED) is 0.766. The lowest BCUT2D eigenvalue weighted by Crippen LogP contribution is -1.96. The molecule has 0 aliphatic carbocycles. The van der Waals surface area contributed by atoms with Crippen molar-refractivity contribution >= 4 is 17.1 Å². The number of rotatable bonds is 2. The van der Waals surface area contributed by atoms with Gasteiger partial charge in [-0.1, -0.05) is 29.8 Å². The van der Waals surface area contributed by atoms with Crippen molar-refractivity contribution in [3.63, 3.8) is 0 Å². The molecule has 4 heteroatoms. The largest absolute Gasteiger partial charge is 0.508 e. The van der Waals surface area contributed by atoms with Crippen molar-refractivity contribution in [3.8, 4) is 5.75 Å². The van der Waals surface area contributed by atoms with Crippen LogP contribution in [0.3, 0.4) is 0 Å². The zero-order valence-electron chi connectivity index (χ0n) is 9.55. The number of pyridine rings is 1. The molecule has 0 amide bonds. The van der Waals surface area contributed by atoms with Gasteiger partial charge in [0.1, 0.15) is 11.6 Å². The van der Waals surface area contributed by atoms with Crippen LogP contribution in [0.15, 0.2) is 48.8 Å². The first kappa shape index (κ1) is 11.1. The van der Waals surface area contributed by atoms with E-state index in [0.717, 1.165) is 16.9 Å². The van der Waals surface area contributed by atoms with Crippen LogP contribution in [0.25, 0.3) is 5.52 Å². The highest BCUT2D eigenvalue weighted by molar-refractivity contribution is 6.30. The highest BCUT2D eigenvalue weighted by atomic mass is 35.5. The monoisotopic (exact) mass is 258 g/mol. The van der Waals surface area contributed by atoms with Gasteiger partial charge in [-0.15, -0.1) is 0 Å². The summed E-state index contributed by atoms with van der Waals surface area (Å²) in [5, 5.41) is 10.5. The molecule has 0 saturated carbocycles. The Morgan fingerprint density at radius 1 is 1.22 bits per heavy atom. The molecule has 0 unspecified atom stereocenters. The minimum absolute atomic E-state index is 0.295. The van der Waals surface area contributed by atoms with Crippen molar-refractivity contribution in [1.82, 2.24) is 9.38 Å². The molecule has 0 spiro atoms. The molecule has 0 bridgehead atoms. The number of nitrogens with zero attached hydrogens (tertiary/aromatic N) is 2. The maximum absolute atomic E-state index is 9.77. The standard InChI is InChI=1S/C14H11ClN2O/c15-11-5-6-17-12(8-11)9-16-14(17)7-10-3-1-2-4-13(10)18/h1-6,8-9,18H,7H2. The molecule has 0 radical (unpaired) electrons. The van der Waals surface area contributed by atoms with E-state index >= 15 is 0 Å². The Morgan fingerprint density at radius 3 is 2.89 bits per heavy atom. The number of benzene rings is 1. The van der Waals surface area contributed by atoms with E-state index in [4.69, 9.17) is 11.6 Å². The normalized spacial score (nSPS) is 10.9. The van der Waals surface area contributed by atoms with Crippen molar-refractivity contribution < 1.29 is 5.11 Å². The first-order valence-electron chi connectivity index (χ1n) is 5.62. The highest BCUT2D eigenvalue weighted by Gasteiger charge is 2.07. The predicted molar refractivity (Wildman–Crippen MR) is 71.1 cm³/mol. The number of aromatic nitrogens is 2. The van der Waals surface area contributed by atoms with Crippen molar-refractivity contribution in [1.29, 1.82) is 0 Å². The van der Waals surface area contributed by atoms with Crippen LogP contribution < -0.4 is 0 Å². The van der Waals surface area contributed by atoms with Crippen LogP contribution in [0.2, 0.25) is 5.02 Å². The number of fused-ring (bicyclic) bond motifs is 1. The molecule has 0 atom stereocenters. The van der Waals surface area contributed by atoms with E-state index in [1.807, 2.05) is 40.9 Å². The molecule has 3 nitrogen and oxygen atoms in total. The minimum atomic E-state index is 0.295. The fourth-order valence-corrected chi connectivity index (χ4v) is 2.16.